The van der Waals surface area contributed by atoms with Gasteiger partial charge in [0.1, 0.15) is 0 Å². The Morgan fingerprint density at radius 3 is 0.561 bits per heavy atom. The van der Waals surface area contributed by atoms with Gasteiger partial charge >= 0.3 is 7.75 Å². The first-order chi connectivity index (χ1) is 32.6. The summed E-state index contributed by atoms with van der Waals surface area (Å²) >= 11 is 0. The van der Waals surface area contributed by atoms with Gasteiger partial charge in [0.2, 0.25) is 0 Å². The van der Waals surface area contributed by atoms with E-state index in [-0.39, 0.29) is 0 Å². The van der Waals surface area contributed by atoms with Gasteiger partial charge < -0.3 is 4.89 Å². The van der Waals surface area contributed by atoms with Crippen LogP contribution in [0.15, 0.2) is 0 Å². The highest BCUT2D eigenvalue weighted by Gasteiger charge is 2.28. The molecule has 0 rings (SSSR count). The van der Waals surface area contributed by atoms with Crippen LogP contribution in [0.3, 0.4) is 0 Å². The van der Waals surface area contributed by atoms with E-state index in [2.05, 4.69) is 13.8 Å². The van der Waals surface area contributed by atoms with Crippen LogP contribution in [-0.2, 0) is 9.09 Å². The lowest BCUT2D eigenvalue weighted by molar-refractivity contribution is 0.197. The summed E-state index contributed by atoms with van der Waals surface area (Å²) in [6, 6.07) is 0. The molecule has 0 bridgehead atoms. The Kier molecular flexibility index (Phi) is 57.8. The van der Waals surface area contributed by atoms with Crippen molar-refractivity contribution in [1.82, 2.24) is 4.67 Å². The molecule has 0 radical (unpaired) electrons. The smallest absolute Gasteiger partial charge is 0.312 e. The van der Waals surface area contributed by atoms with E-state index in [4.69, 9.17) is 4.52 Å². The predicted octanol–water partition coefficient (Wildman–Crippen LogP) is 22.9. The summed E-state index contributed by atoms with van der Waals surface area (Å²) in [5, 5.41) is 0. The second kappa shape index (κ2) is 57.7. The van der Waals surface area contributed by atoms with E-state index < -0.39 is 7.75 Å². The maximum Gasteiger partial charge on any atom is 0.405 e. The molecule has 0 saturated carbocycles. The third-order valence-electron chi connectivity index (χ3n) is 14.9. The zero-order valence-corrected chi connectivity index (χ0v) is 47.1. The number of rotatable bonds is 60. The van der Waals surface area contributed by atoms with E-state index in [1.54, 1.807) is 4.67 Å². The Balaban J connectivity index is 3.59. The molecule has 5 heteroatoms. The maximum absolute atomic E-state index is 13.1. The second-order valence-electron chi connectivity index (χ2n) is 21.7. The van der Waals surface area contributed by atoms with Crippen LogP contribution in [0.4, 0.5) is 0 Å². The fourth-order valence-corrected chi connectivity index (χ4v) is 11.6. The summed E-state index contributed by atoms with van der Waals surface area (Å²) < 4.78 is 20.4. The van der Waals surface area contributed by atoms with Gasteiger partial charge in [-0.1, -0.05) is 355 Å². The van der Waals surface area contributed by atoms with Crippen LogP contribution in [-0.4, -0.2) is 29.3 Å². The lowest BCUT2D eigenvalue weighted by Gasteiger charge is -2.26. The minimum absolute atomic E-state index is 0.364. The highest BCUT2D eigenvalue weighted by Crippen LogP contribution is 2.46. The maximum atomic E-state index is 13.1. The van der Waals surface area contributed by atoms with E-state index in [1.807, 2.05) is 6.92 Å². The highest BCUT2D eigenvalue weighted by molar-refractivity contribution is 7.50. The van der Waals surface area contributed by atoms with Crippen molar-refractivity contribution in [3.05, 3.63) is 0 Å². The molecule has 1 atom stereocenters. The number of unbranched alkanes of at least 4 members (excludes halogenated alkanes) is 52. The average molecular weight is 953 g/mol. The largest absolute Gasteiger partial charge is 0.405 e. The monoisotopic (exact) mass is 952 g/mol. The van der Waals surface area contributed by atoms with Crippen molar-refractivity contribution in [2.45, 2.75) is 374 Å². The molecular weight excluding hydrogens is 826 g/mol. The first-order valence-corrected chi connectivity index (χ1v) is 32.8. The van der Waals surface area contributed by atoms with Crippen LogP contribution in [0.2, 0.25) is 0 Å². The van der Waals surface area contributed by atoms with Crippen LogP contribution >= 0.6 is 7.75 Å². The van der Waals surface area contributed by atoms with Gasteiger partial charge in [0, 0.05) is 13.1 Å². The summed E-state index contributed by atoms with van der Waals surface area (Å²) in [6.07, 6.45) is 76.5. The summed E-state index contributed by atoms with van der Waals surface area (Å²) in [7, 11) is -3.69. The quantitative estimate of drug-likeness (QED) is 0.0487. The third kappa shape index (κ3) is 53.5. The molecule has 0 aromatic rings. The summed E-state index contributed by atoms with van der Waals surface area (Å²) in [6.45, 7) is 8.37. The standard InChI is InChI=1S/C61H126NO3P/c1-4-7-9-11-13-15-17-19-21-23-25-27-29-31-33-35-37-39-41-43-45-47-49-51-53-55-57-59-62(66(63,64)65-61-6-3)60-58-56-54-52-50-48-46-44-42-40-38-36-34-32-30-28-26-24-22-20-18-16-14-12-10-8-5-2/h4-61H2,1-3H3,(H,63,64). The first-order valence-electron chi connectivity index (χ1n) is 31.3. The lowest BCUT2D eigenvalue weighted by atomic mass is 10.0. The Hall–Kier alpha value is 0.110. The van der Waals surface area contributed by atoms with Crippen molar-refractivity contribution in [3.8, 4) is 0 Å². The Labute approximate surface area is 418 Å². The molecule has 0 aromatic heterocycles. The van der Waals surface area contributed by atoms with Crippen molar-refractivity contribution in [2.75, 3.05) is 19.7 Å². The molecule has 0 aliphatic rings. The zero-order valence-electron chi connectivity index (χ0n) is 46.2. The minimum Gasteiger partial charge on any atom is -0.312 e. The molecule has 0 aromatic carbocycles. The van der Waals surface area contributed by atoms with Gasteiger partial charge in [-0.15, -0.1) is 0 Å². The molecule has 0 saturated heterocycles. The van der Waals surface area contributed by atoms with Crippen LogP contribution < -0.4 is 0 Å². The van der Waals surface area contributed by atoms with Crippen molar-refractivity contribution >= 4 is 7.75 Å². The molecule has 1 N–H and O–H groups in total. The summed E-state index contributed by atoms with van der Waals surface area (Å²) in [5.41, 5.74) is 0. The number of hydrogen-bond acceptors (Lipinski definition) is 2. The highest BCUT2D eigenvalue weighted by atomic mass is 31.2. The Bertz CT molecular complexity index is 857. The van der Waals surface area contributed by atoms with E-state index in [1.165, 1.54) is 321 Å². The molecule has 0 aliphatic heterocycles. The molecule has 0 heterocycles. The topological polar surface area (TPSA) is 49.8 Å². The van der Waals surface area contributed by atoms with Gasteiger partial charge in [0.25, 0.3) is 0 Å². The van der Waals surface area contributed by atoms with Crippen LogP contribution in [0.25, 0.3) is 0 Å². The third-order valence-corrected chi connectivity index (χ3v) is 16.5. The molecule has 4 nitrogen and oxygen atoms in total. The molecule has 0 amide bonds. The van der Waals surface area contributed by atoms with Crippen LogP contribution in [0.5, 0.6) is 0 Å². The molecule has 398 valence electrons. The zero-order chi connectivity index (χ0) is 47.8. The molecule has 0 fully saturated rings. The van der Waals surface area contributed by atoms with Crippen molar-refractivity contribution in [1.29, 1.82) is 0 Å². The molecule has 1 unspecified atom stereocenters. The molecule has 0 spiro atoms. The minimum atomic E-state index is -3.69. The fraction of sp³-hybridized carbons (Fsp3) is 1.00. The van der Waals surface area contributed by atoms with E-state index in [9.17, 15) is 9.46 Å². The normalized spacial score (nSPS) is 12.8. The van der Waals surface area contributed by atoms with Crippen molar-refractivity contribution < 1.29 is 14.0 Å². The molecular formula is C61H126NO3P. The predicted molar refractivity (Wildman–Crippen MR) is 298 cm³/mol. The average Bonchev–Trinajstić information content (AvgIpc) is 3.32. The fourth-order valence-electron chi connectivity index (χ4n) is 10.2. The van der Waals surface area contributed by atoms with E-state index >= 15 is 0 Å². The first kappa shape index (κ1) is 66.1. The van der Waals surface area contributed by atoms with E-state index in [0.717, 1.165) is 32.1 Å². The van der Waals surface area contributed by atoms with E-state index in [0.29, 0.717) is 19.7 Å². The summed E-state index contributed by atoms with van der Waals surface area (Å²) in [5.74, 6) is 0. The van der Waals surface area contributed by atoms with Gasteiger partial charge in [0.15, 0.2) is 0 Å². The molecule has 0 aliphatic carbocycles. The van der Waals surface area contributed by atoms with Gasteiger partial charge in [0.05, 0.1) is 6.61 Å². The van der Waals surface area contributed by atoms with Crippen molar-refractivity contribution in [2.24, 2.45) is 0 Å². The van der Waals surface area contributed by atoms with Crippen molar-refractivity contribution in [3.63, 3.8) is 0 Å². The number of hydrogen-bond donors (Lipinski definition) is 1. The second-order valence-corrected chi connectivity index (χ2v) is 23.5. The van der Waals surface area contributed by atoms with Crippen LogP contribution in [0, 0.1) is 0 Å². The SMILES string of the molecule is CCCCCCCCCCCCCCCCCCCCCCCCCCCCCN(CCCCCCCCCCCCCCCCCCCCCCCCCCCCC)P(=O)(O)OCCC. The van der Waals surface area contributed by atoms with Gasteiger partial charge in [-0.3, -0.25) is 4.52 Å². The Morgan fingerprint density at radius 1 is 0.258 bits per heavy atom. The summed E-state index contributed by atoms with van der Waals surface area (Å²) in [4.78, 5) is 10.8. The van der Waals surface area contributed by atoms with Crippen LogP contribution in [0.1, 0.15) is 374 Å². The van der Waals surface area contributed by atoms with Gasteiger partial charge in [-0.05, 0) is 19.3 Å². The Morgan fingerprint density at radius 2 is 0.409 bits per heavy atom. The van der Waals surface area contributed by atoms with Gasteiger partial charge in [-0.2, -0.15) is 0 Å². The lowest BCUT2D eigenvalue weighted by Crippen LogP contribution is -2.24. The van der Waals surface area contributed by atoms with Gasteiger partial charge in [-0.25, -0.2) is 9.24 Å². The molecule has 66 heavy (non-hydrogen) atoms. The number of nitrogens with zero attached hydrogens (tertiary/aromatic N) is 1.